The zero-order chi connectivity index (χ0) is 19.4. The molecule has 0 aliphatic heterocycles. The predicted octanol–water partition coefficient (Wildman–Crippen LogP) is 3.66. The predicted molar refractivity (Wildman–Crippen MR) is 91.6 cm³/mol. The van der Waals surface area contributed by atoms with Crippen LogP contribution in [0, 0.1) is 0 Å². The average Bonchev–Trinajstić information content (AvgIpc) is 2.64. The Morgan fingerprint density at radius 3 is 2.48 bits per heavy atom. The number of para-hydroxylation sites is 1. The van der Waals surface area contributed by atoms with Gasteiger partial charge in [-0.3, -0.25) is 4.79 Å². The van der Waals surface area contributed by atoms with Crippen LogP contribution in [0.1, 0.15) is 15.9 Å². The Kier molecular flexibility index (Phi) is 5.16. The molecule has 1 amide bonds. The minimum absolute atomic E-state index is 0.0672. The normalized spacial score (nSPS) is 11.4. The molecule has 0 atom stereocenters. The standard InChI is InChI=1S/C19H14F3NO4/c20-19(21,22)11-26-14-7-5-12(6-8-14)10-23-17(24)15-9-13-3-1-2-4-16(13)27-18(15)25/h1-9H,10-11H2,(H,23,24). The van der Waals surface area contributed by atoms with Crippen LogP contribution in [0.25, 0.3) is 11.0 Å². The van der Waals surface area contributed by atoms with E-state index < -0.39 is 24.3 Å². The van der Waals surface area contributed by atoms with Gasteiger partial charge in [0.1, 0.15) is 16.9 Å². The van der Waals surface area contributed by atoms with Crippen molar-refractivity contribution in [3.05, 3.63) is 76.1 Å². The van der Waals surface area contributed by atoms with Crippen LogP contribution >= 0.6 is 0 Å². The second kappa shape index (κ2) is 7.53. The SMILES string of the molecule is O=C(NCc1ccc(OCC(F)(F)F)cc1)c1cc2ccccc2oc1=O. The minimum Gasteiger partial charge on any atom is -0.484 e. The van der Waals surface area contributed by atoms with E-state index >= 15 is 0 Å². The lowest BCUT2D eigenvalue weighted by Gasteiger charge is -2.10. The summed E-state index contributed by atoms with van der Waals surface area (Å²) in [5, 5.41) is 3.20. The number of alkyl halides is 3. The summed E-state index contributed by atoms with van der Waals surface area (Å²) in [6, 6.07) is 14.1. The number of halogens is 3. The minimum atomic E-state index is -4.41. The first kappa shape index (κ1) is 18.5. The molecule has 2 aromatic carbocycles. The number of carbonyl (C=O) groups excluding carboxylic acids is 1. The number of nitrogens with one attached hydrogen (secondary N) is 1. The largest absolute Gasteiger partial charge is 0.484 e. The molecule has 8 heteroatoms. The number of benzene rings is 2. The van der Waals surface area contributed by atoms with Gasteiger partial charge in [-0.1, -0.05) is 30.3 Å². The van der Waals surface area contributed by atoms with Crippen LogP contribution in [-0.2, 0) is 6.54 Å². The highest BCUT2D eigenvalue weighted by Gasteiger charge is 2.28. The molecule has 0 saturated carbocycles. The van der Waals surface area contributed by atoms with Crippen molar-refractivity contribution in [2.24, 2.45) is 0 Å². The Morgan fingerprint density at radius 1 is 1.07 bits per heavy atom. The summed E-state index contributed by atoms with van der Waals surface area (Å²) in [5.74, 6) is -0.538. The Hall–Kier alpha value is -3.29. The van der Waals surface area contributed by atoms with E-state index in [0.717, 1.165) is 0 Å². The summed E-state index contributed by atoms with van der Waals surface area (Å²) < 4.78 is 46.1. The van der Waals surface area contributed by atoms with Gasteiger partial charge >= 0.3 is 11.8 Å². The first-order valence-electron chi connectivity index (χ1n) is 7.91. The summed E-state index contributed by atoms with van der Waals surface area (Å²) in [7, 11) is 0. The average molecular weight is 377 g/mol. The lowest BCUT2D eigenvalue weighted by Crippen LogP contribution is -2.27. The smallest absolute Gasteiger partial charge is 0.422 e. The van der Waals surface area contributed by atoms with Gasteiger partial charge < -0.3 is 14.5 Å². The molecule has 1 aromatic heterocycles. The number of hydrogen-bond acceptors (Lipinski definition) is 4. The van der Waals surface area contributed by atoms with Crippen LogP contribution in [-0.4, -0.2) is 18.7 Å². The maximum absolute atomic E-state index is 12.2. The second-order valence-electron chi connectivity index (χ2n) is 5.72. The van der Waals surface area contributed by atoms with E-state index in [-0.39, 0.29) is 17.9 Å². The summed E-state index contributed by atoms with van der Waals surface area (Å²) in [6.45, 7) is -1.29. The maximum atomic E-state index is 12.2. The van der Waals surface area contributed by atoms with Crippen molar-refractivity contribution in [2.75, 3.05) is 6.61 Å². The molecule has 3 rings (SSSR count). The van der Waals surface area contributed by atoms with Crippen LogP contribution in [0.15, 0.2) is 63.8 Å². The topological polar surface area (TPSA) is 68.5 Å². The van der Waals surface area contributed by atoms with Crippen molar-refractivity contribution in [3.8, 4) is 5.75 Å². The van der Waals surface area contributed by atoms with Crippen molar-refractivity contribution < 1.29 is 27.1 Å². The quantitative estimate of drug-likeness (QED) is 0.689. The van der Waals surface area contributed by atoms with Crippen LogP contribution in [0.3, 0.4) is 0 Å². The van der Waals surface area contributed by atoms with E-state index in [0.29, 0.717) is 16.5 Å². The van der Waals surface area contributed by atoms with Gasteiger partial charge in [0.25, 0.3) is 5.91 Å². The van der Waals surface area contributed by atoms with Crippen LogP contribution in [0.4, 0.5) is 13.2 Å². The van der Waals surface area contributed by atoms with Gasteiger partial charge in [0.2, 0.25) is 0 Å². The van der Waals surface area contributed by atoms with Gasteiger partial charge in [0.15, 0.2) is 6.61 Å². The summed E-state index contributed by atoms with van der Waals surface area (Å²) >= 11 is 0. The number of amides is 1. The fourth-order valence-electron chi connectivity index (χ4n) is 2.37. The third-order valence-electron chi connectivity index (χ3n) is 3.66. The molecule has 0 aliphatic carbocycles. The van der Waals surface area contributed by atoms with Gasteiger partial charge in [-0.05, 0) is 29.8 Å². The maximum Gasteiger partial charge on any atom is 0.422 e. The van der Waals surface area contributed by atoms with Crippen LogP contribution < -0.4 is 15.7 Å². The molecule has 3 aromatic rings. The zero-order valence-electron chi connectivity index (χ0n) is 13.9. The fourth-order valence-corrected chi connectivity index (χ4v) is 2.37. The molecule has 0 saturated heterocycles. The second-order valence-corrected chi connectivity index (χ2v) is 5.72. The Labute approximate surface area is 151 Å². The highest BCUT2D eigenvalue weighted by Crippen LogP contribution is 2.19. The van der Waals surface area contributed by atoms with E-state index in [9.17, 15) is 22.8 Å². The van der Waals surface area contributed by atoms with Crippen molar-refractivity contribution in [2.45, 2.75) is 12.7 Å². The number of rotatable bonds is 5. The summed E-state index contributed by atoms with van der Waals surface area (Å²) in [4.78, 5) is 24.2. The van der Waals surface area contributed by atoms with Crippen molar-refractivity contribution in [3.63, 3.8) is 0 Å². The summed E-state index contributed by atoms with van der Waals surface area (Å²) in [6.07, 6.45) is -4.41. The number of carbonyl (C=O) groups is 1. The molecule has 1 N–H and O–H groups in total. The Bertz CT molecular complexity index is 1010. The van der Waals surface area contributed by atoms with Gasteiger partial charge in [-0.2, -0.15) is 13.2 Å². The van der Waals surface area contributed by atoms with Gasteiger partial charge in [-0.25, -0.2) is 4.79 Å². The number of fused-ring (bicyclic) bond motifs is 1. The Morgan fingerprint density at radius 2 is 1.78 bits per heavy atom. The lowest BCUT2D eigenvalue weighted by atomic mass is 10.1. The molecule has 27 heavy (non-hydrogen) atoms. The van der Waals surface area contributed by atoms with Crippen molar-refractivity contribution in [1.82, 2.24) is 5.32 Å². The van der Waals surface area contributed by atoms with Gasteiger partial charge in [0.05, 0.1) is 0 Å². The number of hydrogen-bond donors (Lipinski definition) is 1. The van der Waals surface area contributed by atoms with E-state index in [1.807, 2.05) is 0 Å². The monoisotopic (exact) mass is 377 g/mol. The van der Waals surface area contributed by atoms with Gasteiger partial charge in [0, 0.05) is 11.9 Å². The first-order chi connectivity index (χ1) is 12.8. The van der Waals surface area contributed by atoms with Crippen molar-refractivity contribution >= 4 is 16.9 Å². The molecule has 5 nitrogen and oxygen atoms in total. The van der Waals surface area contributed by atoms with Gasteiger partial charge in [-0.15, -0.1) is 0 Å². The third-order valence-corrected chi connectivity index (χ3v) is 3.66. The number of ether oxygens (including phenoxy) is 1. The molecule has 0 radical (unpaired) electrons. The lowest BCUT2D eigenvalue weighted by molar-refractivity contribution is -0.153. The third kappa shape index (κ3) is 4.87. The molecule has 0 spiro atoms. The molecule has 0 unspecified atom stereocenters. The molecule has 0 aliphatic rings. The highest BCUT2D eigenvalue weighted by atomic mass is 19.4. The molecule has 0 fully saturated rings. The van der Waals surface area contributed by atoms with E-state index in [2.05, 4.69) is 10.1 Å². The first-order valence-corrected chi connectivity index (χ1v) is 7.91. The molecular formula is C19H14F3NO4. The molecule has 1 heterocycles. The molecular weight excluding hydrogens is 363 g/mol. The van der Waals surface area contributed by atoms with E-state index in [1.54, 1.807) is 24.3 Å². The highest BCUT2D eigenvalue weighted by molar-refractivity contribution is 5.96. The van der Waals surface area contributed by atoms with Crippen LogP contribution in [0.5, 0.6) is 5.75 Å². The molecule has 140 valence electrons. The zero-order valence-corrected chi connectivity index (χ0v) is 13.9. The van der Waals surface area contributed by atoms with E-state index in [1.165, 1.54) is 30.3 Å². The fraction of sp³-hybridized carbons (Fsp3) is 0.158. The molecule has 0 bridgehead atoms. The van der Waals surface area contributed by atoms with E-state index in [4.69, 9.17) is 4.42 Å². The summed E-state index contributed by atoms with van der Waals surface area (Å²) in [5.41, 5.74) is 0.141. The van der Waals surface area contributed by atoms with Crippen LogP contribution in [0.2, 0.25) is 0 Å². The Balaban J connectivity index is 1.64. The van der Waals surface area contributed by atoms with Crippen molar-refractivity contribution in [1.29, 1.82) is 0 Å².